The molecule has 1 aromatic heterocycles. The molecule has 0 N–H and O–H groups in total. The van der Waals surface area contributed by atoms with Crippen LogP contribution in [0.1, 0.15) is 5.76 Å². The maximum atomic E-state index is 12.8. The van der Waals surface area contributed by atoms with Crippen molar-refractivity contribution in [1.82, 2.24) is 4.90 Å². The third kappa shape index (κ3) is 4.57. The van der Waals surface area contributed by atoms with Gasteiger partial charge in [-0.1, -0.05) is 59.6 Å². The van der Waals surface area contributed by atoms with Gasteiger partial charge in [-0.3, -0.25) is 14.5 Å². The van der Waals surface area contributed by atoms with Crippen LogP contribution in [0.4, 0.5) is 4.79 Å². The molecule has 1 saturated heterocycles. The Morgan fingerprint density at radius 3 is 2.68 bits per heavy atom. The molecule has 2 amide bonds. The van der Waals surface area contributed by atoms with E-state index in [9.17, 15) is 9.59 Å². The maximum absolute atomic E-state index is 12.8. The molecule has 0 bridgehead atoms. The lowest BCUT2D eigenvalue weighted by Gasteiger charge is -2.14. The summed E-state index contributed by atoms with van der Waals surface area (Å²) in [4.78, 5) is 26.8. The minimum absolute atomic E-state index is 0.146. The van der Waals surface area contributed by atoms with Gasteiger partial charge < -0.3 is 9.15 Å². The molecule has 0 saturated carbocycles. The summed E-state index contributed by atoms with van der Waals surface area (Å²) in [5, 5.41) is 2.72. The fraction of sp³-hybridized carbons (Fsp3) is 0.0769. The molecule has 34 heavy (non-hydrogen) atoms. The quantitative estimate of drug-likeness (QED) is 0.251. The smallest absolute Gasteiger partial charge is 0.293 e. The summed E-state index contributed by atoms with van der Waals surface area (Å²) in [7, 11) is 0. The van der Waals surface area contributed by atoms with Crippen LogP contribution in [-0.2, 0) is 4.79 Å². The zero-order valence-corrected chi connectivity index (χ0v) is 20.0. The van der Waals surface area contributed by atoms with Gasteiger partial charge in [-0.2, -0.15) is 0 Å². The van der Waals surface area contributed by atoms with Crippen molar-refractivity contribution in [3.05, 3.63) is 93.5 Å². The lowest BCUT2D eigenvalue weighted by Crippen LogP contribution is -2.32. The molecule has 8 heteroatoms. The van der Waals surface area contributed by atoms with Crippen LogP contribution in [-0.4, -0.2) is 29.2 Å². The molecule has 170 valence electrons. The van der Waals surface area contributed by atoms with E-state index in [0.29, 0.717) is 32.9 Å². The number of rotatable bonds is 6. The summed E-state index contributed by atoms with van der Waals surface area (Å²) in [6, 6.07) is 22.2. The molecule has 5 nitrogen and oxygen atoms in total. The first kappa shape index (κ1) is 22.6. The highest BCUT2D eigenvalue weighted by atomic mass is 35.5. The van der Waals surface area contributed by atoms with Crippen molar-refractivity contribution in [2.75, 3.05) is 13.2 Å². The second kappa shape index (κ2) is 9.58. The van der Waals surface area contributed by atoms with Crippen molar-refractivity contribution >= 4 is 63.0 Å². The van der Waals surface area contributed by atoms with Gasteiger partial charge in [0.1, 0.15) is 23.9 Å². The molecule has 0 atom stereocenters. The molecule has 0 unspecified atom stereocenters. The van der Waals surface area contributed by atoms with Gasteiger partial charge in [0.15, 0.2) is 0 Å². The first-order chi connectivity index (χ1) is 16.5. The van der Waals surface area contributed by atoms with E-state index in [4.69, 9.17) is 32.4 Å². The number of furan rings is 1. The van der Waals surface area contributed by atoms with Gasteiger partial charge in [0.25, 0.3) is 11.1 Å². The van der Waals surface area contributed by atoms with Crippen molar-refractivity contribution in [3.8, 4) is 17.1 Å². The Kier molecular flexibility index (Phi) is 6.37. The number of imide groups is 1. The Labute approximate surface area is 209 Å². The first-order valence-corrected chi connectivity index (χ1v) is 12.0. The molecule has 0 aliphatic carbocycles. The highest BCUT2D eigenvalue weighted by Crippen LogP contribution is 2.35. The summed E-state index contributed by atoms with van der Waals surface area (Å²) >= 11 is 13.2. The minimum Gasteiger partial charge on any atom is -0.491 e. The van der Waals surface area contributed by atoms with Gasteiger partial charge in [-0.05, 0) is 53.5 Å². The minimum atomic E-state index is -0.379. The number of halogens is 2. The summed E-state index contributed by atoms with van der Waals surface area (Å²) in [6.45, 7) is 0.338. The van der Waals surface area contributed by atoms with Crippen molar-refractivity contribution in [1.29, 1.82) is 0 Å². The van der Waals surface area contributed by atoms with Gasteiger partial charge in [-0.25, -0.2) is 0 Å². The number of ether oxygens (including phenoxy) is 1. The fourth-order valence-corrected chi connectivity index (χ4v) is 4.88. The van der Waals surface area contributed by atoms with Crippen LogP contribution in [0, 0.1) is 0 Å². The van der Waals surface area contributed by atoms with Crippen LogP contribution >= 0.6 is 35.0 Å². The van der Waals surface area contributed by atoms with Crippen LogP contribution in [0.3, 0.4) is 0 Å². The van der Waals surface area contributed by atoms with Crippen LogP contribution in [0.15, 0.2) is 82.1 Å². The molecule has 1 aliphatic heterocycles. The molecular weight excluding hydrogens is 493 g/mol. The molecule has 3 aromatic carbocycles. The van der Waals surface area contributed by atoms with Crippen LogP contribution < -0.4 is 4.74 Å². The van der Waals surface area contributed by atoms with Gasteiger partial charge in [0.05, 0.1) is 16.5 Å². The van der Waals surface area contributed by atoms with Crippen LogP contribution in [0.5, 0.6) is 5.75 Å². The zero-order valence-electron chi connectivity index (χ0n) is 17.7. The monoisotopic (exact) mass is 509 g/mol. The van der Waals surface area contributed by atoms with Crippen LogP contribution in [0.25, 0.3) is 28.2 Å². The van der Waals surface area contributed by atoms with E-state index >= 15 is 0 Å². The van der Waals surface area contributed by atoms with Gasteiger partial charge in [0, 0.05) is 22.0 Å². The summed E-state index contributed by atoms with van der Waals surface area (Å²) < 4.78 is 11.7. The van der Waals surface area contributed by atoms with E-state index < -0.39 is 0 Å². The normalized spacial score (nSPS) is 15.0. The van der Waals surface area contributed by atoms with Gasteiger partial charge >= 0.3 is 0 Å². The Balaban J connectivity index is 1.27. The summed E-state index contributed by atoms with van der Waals surface area (Å²) in [5.41, 5.74) is 0.646. The average Bonchev–Trinajstić information content (AvgIpc) is 3.40. The average molecular weight is 510 g/mol. The van der Waals surface area contributed by atoms with Crippen molar-refractivity contribution in [2.45, 2.75) is 0 Å². The number of benzene rings is 3. The van der Waals surface area contributed by atoms with E-state index in [0.717, 1.165) is 22.5 Å². The standard InChI is InChI=1S/C26H17Cl2NO4S/c27-17-8-10-21(28)20(14-17)23-11-9-18(33-23)15-24-25(30)29(26(31)34-24)12-13-32-22-7-3-5-16-4-1-2-6-19(16)22/h1-11,14-15H,12-13H2/b24-15-. The third-order valence-electron chi connectivity index (χ3n) is 5.29. The lowest BCUT2D eigenvalue weighted by atomic mass is 10.1. The van der Waals surface area contributed by atoms with Crippen molar-refractivity contribution < 1.29 is 18.7 Å². The lowest BCUT2D eigenvalue weighted by molar-refractivity contribution is -0.123. The Morgan fingerprint density at radius 2 is 1.79 bits per heavy atom. The maximum Gasteiger partial charge on any atom is 0.293 e. The van der Waals surface area contributed by atoms with E-state index in [2.05, 4.69) is 0 Å². The number of carbonyl (C=O) groups is 2. The molecule has 1 fully saturated rings. The Bertz CT molecular complexity index is 1440. The van der Waals surface area contributed by atoms with E-state index in [-0.39, 0.29) is 29.2 Å². The van der Waals surface area contributed by atoms with Gasteiger partial charge in [0.2, 0.25) is 0 Å². The first-order valence-electron chi connectivity index (χ1n) is 10.4. The number of carbonyl (C=O) groups excluding carboxylic acids is 2. The zero-order chi connectivity index (χ0) is 23.7. The Hall–Kier alpha value is -3.19. The molecule has 5 rings (SSSR count). The number of hydrogen-bond acceptors (Lipinski definition) is 5. The second-order valence-electron chi connectivity index (χ2n) is 7.49. The summed E-state index contributed by atoms with van der Waals surface area (Å²) in [5.74, 6) is 1.28. The number of thioether (sulfide) groups is 1. The van der Waals surface area contributed by atoms with Crippen molar-refractivity contribution in [2.24, 2.45) is 0 Å². The second-order valence-corrected chi connectivity index (χ2v) is 9.32. The fourth-order valence-electron chi connectivity index (χ4n) is 3.65. The molecule has 4 aromatic rings. The number of nitrogens with zero attached hydrogens (tertiary/aromatic N) is 1. The SMILES string of the molecule is O=C1S/C(=C\c2ccc(-c3cc(Cl)ccc3Cl)o2)C(=O)N1CCOc1cccc2ccccc12. The molecular formula is C26H17Cl2NO4S. The van der Waals surface area contributed by atoms with E-state index in [1.165, 1.54) is 4.90 Å². The summed E-state index contributed by atoms with van der Waals surface area (Å²) in [6.07, 6.45) is 1.55. The number of amides is 2. The highest BCUT2D eigenvalue weighted by Gasteiger charge is 2.35. The topological polar surface area (TPSA) is 59.8 Å². The van der Waals surface area contributed by atoms with E-state index in [1.807, 2.05) is 42.5 Å². The number of fused-ring (bicyclic) bond motifs is 1. The predicted octanol–water partition coefficient (Wildman–Crippen LogP) is 7.52. The molecule has 1 aliphatic rings. The van der Waals surface area contributed by atoms with Crippen molar-refractivity contribution in [3.63, 3.8) is 0 Å². The molecule has 0 radical (unpaired) electrons. The largest absolute Gasteiger partial charge is 0.491 e. The van der Waals surface area contributed by atoms with Gasteiger partial charge in [-0.15, -0.1) is 0 Å². The highest BCUT2D eigenvalue weighted by molar-refractivity contribution is 8.18. The predicted molar refractivity (Wildman–Crippen MR) is 136 cm³/mol. The van der Waals surface area contributed by atoms with Crippen LogP contribution in [0.2, 0.25) is 10.0 Å². The van der Waals surface area contributed by atoms with E-state index in [1.54, 1.807) is 36.4 Å². The Morgan fingerprint density at radius 1 is 0.971 bits per heavy atom. The third-order valence-corrected chi connectivity index (χ3v) is 6.76. The number of hydrogen-bond donors (Lipinski definition) is 0. The molecule has 0 spiro atoms. The molecule has 2 heterocycles.